The first-order valence-corrected chi connectivity index (χ1v) is 9.73. The first-order chi connectivity index (χ1) is 11.9. The number of nitrogens with zero attached hydrogens (tertiary/aromatic N) is 1. The molecular weight excluding hydrogens is 314 g/mol. The van der Waals surface area contributed by atoms with Crippen LogP contribution in [0.15, 0.2) is 24.3 Å². The van der Waals surface area contributed by atoms with Crippen LogP contribution >= 0.6 is 0 Å². The minimum atomic E-state index is -0.491. The van der Waals surface area contributed by atoms with Crippen LogP contribution in [-0.2, 0) is 4.79 Å². The minimum absolute atomic E-state index is 0.148. The van der Waals surface area contributed by atoms with Crippen molar-refractivity contribution in [2.45, 2.75) is 70.5 Å². The van der Waals surface area contributed by atoms with Crippen molar-refractivity contribution in [1.82, 2.24) is 0 Å². The fourth-order valence-electron chi connectivity index (χ4n) is 4.70. The third-order valence-electron chi connectivity index (χ3n) is 6.44. The first kappa shape index (κ1) is 16.9. The van der Waals surface area contributed by atoms with E-state index in [2.05, 4.69) is 0 Å². The molecule has 1 aromatic carbocycles. The number of anilines is 1. The van der Waals surface area contributed by atoms with E-state index in [1.165, 1.54) is 0 Å². The Morgan fingerprint density at radius 3 is 2.28 bits per heavy atom. The van der Waals surface area contributed by atoms with Crippen LogP contribution < -0.4 is 9.64 Å². The van der Waals surface area contributed by atoms with E-state index in [4.69, 9.17) is 4.74 Å². The van der Waals surface area contributed by atoms with Crippen LogP contribution in [0, 0.1) is 11.3 Å². The molecule has 4 nitrogen and oxygen atoms in total. The van der Waals surface area contributed by atoms with Crippen LogP contribution in [0.3, 0.4) is 0 Å². The van der Waals surface area contributed by atoms with Gasteiger partial charge in [0.2, 0.25) is 5.91 Å². The molecule has 0 radical (unpaired) electrons. The molecule has 1 aliphatic heterocycles. The predicted molar refractivity (Wildman–Crippen MR) is 97.8 cm³/mol. The monoisotopic (exact) mass is 343 g/mol. The molecule has 1 saturated heterocycles. The summed E-state index contributed by atoms with van der Waals surface area (Å²) in [5.41, 5.74) is 0.226. The third kappa shape index (κ3) is 3.05. The van der Waals surface area contributed by atoms with Gasteiger partial charge in [0.15, 0.2) is 0 Å². The van der Waals surface area contributed by atoms with E-state index in [1.807, 2.05) is 43.0 Å². The SMILES string of the molecule is CC(C)Oc1ccc(N2CCC3(CCC(O)(C4CC4)CC3)C2=O)cc1. The molecule has 1 aromatic rings. The molecule has 25 heavy (non-hydrogen) atoms. The van der Waals surface area contributed by atoms with Gasteiger partial charge in [-0.3, -0.25) is 4.79 Å². The van der Waals surface area contributed by atoms with E-state index in [9.17, 15) is 9.90 Å². The summed E-state index contributed by atoms with van der Waals surface area (Å²) >= 11 is 0. The smallest absolute Gasteiger partial charge is 0.233 e. The Kier molecular flexibility index (Phi) is 4.06. The molecule has 1 amide bonds. The summed E-state index contributed by atoms with van der Waals surface area (Å²) in [6.45, 7) is 4.80. The molecule has 3 fully saturated rings. The van der Waals surface area contributed by atoms with Gasteiger partial charge < -0.3 is 14.7 Å². The number of benzene rings is 1. The van der Waals surface area contributed by atoms with E-state index in [0.717, 1.165) is 62.9 Å². The molecule has 3 aliphatic rings. The molecular formula is C21H29NO3. The molecule has 1 heterocycles. The Morgan fingerprint density at radius 1 is 1.08 bits per heavy atom. The molecule has 0 unspecified atom stereocenters. The maximum absolute atomic E-state index is 13.2. The van der Waals surface area contributed by atoms with Crippen molar-refractivity contribution in [3.05, 3.63) is 24.3 Å². The van der Waals surface area contributed by atoms with Gasteiger partial charge in [-0.05, 0) is 89.0 Å². The highest BCUT2D eigenvalue weighted by atomic mass is 16.5. The van der Waals surface area contributed by atoms with Crippen LogP contribution in [0.2, 0.25) is 0 Å². The lowest BCUT2D eigenvalue weighted by atomic mass is 9.66. The summed E-state index contributed by atoms with van der Waals surface area (Å²) < 4.78 is 5.69. The van der Waals surface area contributed by atoms with Crippen molar-refractivity contribution in [2.75, 3.05) is 11.4 Å². The molecule has 1 spiro atoms. The second-order valence-corrected chi connectivity index (χ2v) is 8.53. The molecule has 2 saturated carbocycles. The summed E-state index contributed by atoms with van der Waals surface area (Å²) in [5.74, 6) is 1.58. The van der Waals surface area contributed by atoms with Crippen LogP contribution in [-0.4, -0.2) is 29.3 Å². The van der Waals surface area contributed by atoms with Gasteiger partial charge in [0.1, 0.15) is 5.75 Å². The molecule has 1 N–H and O–H groups in total. The third-order valence-corrected chi connectivity index (χ3v) is 6.44. The van der Waals surface area contributed by atoms with E-state index in [-0.39, 0.29) is 17.4 Å². The topological polar surface area (TPSA) is 49.8 Å². The maximum atomic E-state index is 13.2. The number of hydrogen-bond acceptors (Lipinski definition) is 3. The highest BCUT2D eigenvalue weighted by Gasteiger charge is 2.54. The number of carbonyl (C=O) groups is 1. The average molecular weight is 343 g/mol. The fraction of sp³-hybridized carbons (Fsp3) is 0.667. The first-order valence-electron chi connectivity index (χ1n) is 9.73. The number of rotatable bonds is 4. The standard InChI is InChI=1S/C21H29NO3/c1-15(2)25-18-7-5-17(6-8-18)22-14-13-20(19(22)23)9-11-21(24,12-10-20)16-3-4-16/h5-8,15-16,24H,3-4,9-14H2,1-2H3. The Bertz CT molecular complexity index is 640. The molecule has 0 bridgehead atoms. The van der Waals surface area contributed by atoms with Crippen LogP contribution in [0.25, 0.3) is 0 Å². The zero-order chi connectivity index (χ0) is 17.7. The van der Waals surface area contributed by atoms with Crippen LogP contribution in [0.4, 0.5) is 5.69 Å². The Balaban J connectivity index is 1.45. The Labute approximate surface area is 150 Å². The average Bonchev–Trinajstić information content (AvgIpc) is 3.39. The fourth-order valence-corrected chi connectivity index (χ4v) is 4.70. The molecule has 136 valence electrons. The van der Waals surface area contributed by atoms with E-state index >= 15 is 0 Å². The quantitative estimate of drug-likeness (QED) is 0.902. The van der Waals surface area contributed by atoms with Gasteiger partial charge in [-0.25, -0.2) is 0 Å². The van der Waals surface area contributed by atoms with Gasteiger partial charge in [-0.15, -0.1) is 0 Å². The second-order valence-electron chi connectivity index (χ2n) is 8.53. The van der Waals surface area contributed by atoms with Gasteiger partial charge in [0, 0.05) is 12.2 Å². The minimum Gasteiger partial charge on any atom is -0.491 e. The molecule has 0 aromatic heterocycles. The maximum Gasteiger partial charge on any atom is 0.233 e. The van der Waals surface area contributed by atoms with E-state index in [0.29, 0.717) is 5.92 Å². The number of amides is 1. The number of aliphatic hydroxyl groups is 1. The van der Waals surface area contributed by atoms with Crippen molar-refractivity contribution in [3.8, 4) is 5.75 Å². The van der Waals surface area contributed by atoms with E-state index < -0.39 is 5.60 Å². The number of hydrogen-bond donors (Lipinski definition) is 1. The van der Waals surface area contributed by atoms with E-state index in [1.54, 1.807) is 0 Å². The van der Waals surface area contributed by atoms with Crippen molar-refractivity contribution >= 4 is 11.6 Å². The largest absolute Gasteiger partial charge is 0.491 e. The zero-order valence-electron chi connectivity index (χ0n) is 15.3. The number of carbonyl (C=O) groups excluding carboxylic acids is 1. The lowest BCUT2D eigenvalue weighted by Gasteiger charge is -2.41. The summed E-state index contributed by atoms with van der Waals surface area (Å²) in [5, 5.41) is 10.8. The van der Waals surface area contributed by atoms with Gasteiger partial charge in [-0.1, -0.05) is 0 Å². The van der Waals surface area contributed by atoms with Crippen molar-refractivity contribution < 1.29 is 14.6 Å². The molecule has 4 rings (SSSR count). The van der Waals surface area contributed by atoms with Gasteiger partial charge in [0.25, 0.3) is 0 Å². The second kappa shape index (κ2) is 6.01. The van der Waals surface area contributed by atoms with Gasteiger partial charge >= 0.3 is 0 Å². The lowest BCUT2D eigenvalue weighted by Crippen LogP contribution is -2.44. The Hall–Kier alpha value is -1.55. The summed E-state index contributed by atoms with van der Waals surface area (Å²) in [7, 11) is 0. The summed E-state index contributed by atoms with van der Waals surface area (Å²) in [6, 6.07) is 7.86. The van der Waals surface area contributed by atoms with Gasteiger partial charge in [0.05, 0.1) is 17.1 Å². The van der Waals surface area contributed by atoms with Crippen LogP contribution in [0.5, 0.6) is 5.75 Å². The molecule has 2 aliphatic carbocycles. The highest BCUT2D eigenvalue weighted by Crippen LogP contribution is 2.54. The molecule has 0 atom stereocenters. The lowest BCUT2D eigenvalue weighted by molar-refractivity contribution is -0.131. The molecule has 4 heteroatoms. The van der Waals surface area contributed by atoms with Crippen molar-refractivity contribution in [2.24, 2.45) is 11.3 Å². The van der Waals surface area contributed by atoms with Crippen molar-refractivity contribution in [3.63, 3.8) is 0 Å². The number of ether oxygens (including phenoxy) is 1. The summed E-state index contributed by atoms with van der Waals surface area (Å²) in [4.78, 5) is 15.1. The normalized spacial score (nSPS) is 32.6. The van der Waals surface area contributed by atoms with Crippen LogP contribution in [0.1, 0.15) is 58.8 Å². The predicted octanol–water partition coefficient (Wildman–Crippen LogP) is 3.91. The Morgan fingerprint density at radius 2 is 1.72 bits per heavy atom. The highest BCUT2D eigenvalue weighted by molar-refractivity contribution is 6.00. The van der Waals surface area contributed by atoms with Gasteiger partial charge in [-0.2, -0.15) is 0 Å². The van der Waals surface area contributed by atoms with Crippen molar-refractivity contribution in [1.29, 1.82) is 0 Å². The zero-order valence-corrected chi connectivity index (χ0v) is 15.3. The summed E-state index contributed by atoms with van der Waals surface area (Å²) in [6.07, 6.45) is 6.64.